The molecule has 3 amide bonds. The first kappa shape index (κ1) is 26.0. The van der Waals surface area contributed by atoms with E-state index in [0.29, 0.717) is 27.6 Å². The molecule has 37 heavy (non-hydrogen) atoms. The maximum atomic E-state index is 13.1. The van der Waals surface area contributed by atoms with Gasteiger partial charge in [-0.05, 0) is 41.8 Å². The number of amides is 3. The summed E-state index contributed by atoms with van der Waals surface area (Å²) in [4.78, 5) is 28.3. The SMILES string of the molecule is CNC(=O)c1cc(Oc2cc3cc(NC(=O)Nc4ccc(Cl)c(C(F)(F)F)c4)sc3cc2OC)ccn1. The van der Waals surface area contributed by atoms with Gasteiger partial charge in [0.15, 0.2) is 11.5 Å². The molecule has 0 atom stereocenters. The molecule has 4 aromatic rings. The molecule has 0 aliphatic rings. The predicted molar refractivity (Wildman–Crippen MR) is 135 cm³/mol. The average molecular weight is 551 g/mol. The van der Waals surface area contributed by atoms with Crippen LogP contribution in [0.1, 0.15) is 16.1 Å². The number of thiophene rings is 1. The Kier molecular flexibility index (Phi) is 7.41. The zero-order valence-electron chi connectivity index (χ0n) is 19.2. The number of carbonyl (C=O) groups excluding carboxylic acids is 2. The Balaban J connectivity index is 1.53. The van der Waals surface area contributed by atoms with Gasteiger partial charge in [-0.3, -0.25) is 15.1 Å². The molecule has 4 rings (SSSR count). The number of alkyl halides is 3. The Morgan fingerprint density at radius 2 is 1.81 bits per heavy atom. The topological polar surface area (TPSA) is 102 Å². The number of pyridine rings is 1. The van der Waals surface area contributed by atoms with Crippen LogP contribution in [-0.2, 0) is 6.18 Å². The summed E-state index contributed by atoms with van der Waals surface area (Å²) >= 11 is 6.85. The van der Waals surface area contributed by atoms with Gasteiger partial charge in [-0.15, -0.1) is 11.3 Å². The molecule has 2 aromatic heterocycles. The number of methoxy groups -OCH3 is 1. The number of halogens is 4. The fourth-order valence-electron chi connectivity index (χ4n) is 3.30. The summed E-state index contributed by atoms with van der Waals surface area (Å²) in [5, 5.41) is 8.14. The van der Waals surface area contributed by atoms with Crippen LogP contribution in [-0.4, -0.2) is 31.1 Å². The number of carbonyl (C=O) groups is 2. The molecule has 13 heteroatoms. The highest BCUT2D eigenvalue weighted by Crippen LogP contribution is 2.40. The number of urea groups is 1. The van der Waals surface area contributed by atoms with Gasteiger partial charge in [0.05, 0.1) is 22.7 Å². The van der Waals surface area contributed by atoms with Crippen molar-refractivity contribution < 1.29 is 32.2 Å². The summed E-state index contributed by atoms with van der Waals surface area (Å²) < 4.78 is 51.3. The quantitative estimate of drug-likeness (QED) is 0.246. The van der Waals surface area contributed by atoms with Gasteiger partial charge >= 0.3 is 12.2 Å². The van der Waals surface area contributed by atoms with E-state index in [1.54, 1.807) is 24.3 Å². The second kappa shape index (κ2) is 10.5. The van der Waals surface area contributed by atoms with Gasteiger partial charge < -0.3 is 20.1 Å². The number of nitrogens with one attached hydrogen (secondary N) is 3. The Bertz CT molecular complexity index is 1490. The molecule has 0 bridgehead atoms. The first-order chi connectivity index (χ1) is 17.6. The standard InChI is InChI=1S/C24H18ClF3N4O4S/c1-29-22(33)17-10-14(5-6-30-17)36-19-7-12-8-21(37-20(12)11-18(19)35-2)32-23(34)31-13-3-4-16(25)15(9-13)24(26,27)28/h3-11H,1-2H3,(H,29,33)(H2,31,32,34). The third-order valence-electron chi connectivity index (χ3n) is 4.99. The lowest BCUT2D eigenvalue weighted by Gasteiger charge is -2.12. The predicted octanol–water partition coefficient (Wildman–Crippen LogP) is 6.77. The lowest BCUT2D eigenvalue weighted by Crippen LogP contribution is -2.19. The van der Waals surface area contributed by atoms with Crippen LogP contribution in [0.15, 0.2) is 54.7 Å². The molecule has 2 aromatic carbocycles. The smallest absolute Gasteiger partial charge is 0.417 e. The highest BCUT2D eigenvalue weighted by Gasteiger charge is 2.33. The van der Waals surface area contributed by atoms with Gasteiger partial charge in [-0.2, -0.15) is 13.2 Å². The van der Waals surface area contributed by atoms with E-state index < -0.39 is 22.8 Å². The molecule has 0 saturated heterocycles. The van der Waals surface area contributed by atoms with Crippen molar-refractivity contribution in [2.45, 2.75) is 6.18 Å². The van der Waals surface area contributed by atoms with Crippen molar-refractivity contribution in [3.8, 4) is 17.2 Å². The van der Waals surface area contributed by atoms with E-state index in [0.717, 1.165) is 16.8 Å². The van der Waals surface area contributed by atoms with Crippen molar-refractivity contribution in [3.05, 3.63) is 71.0 Å². The number of hydrogen-bond acceptors (Lipinski definition) is 6. The van der Waals surface area contributed by atoms with Crippen LogP contribution in [0.3, 0.4) is 0 Å². The van der Waals surface area contributed by atoms with Gasteiger partial charge in [0.25, 0.3) is 5.91 Å². The zero-order chi connectivity index (χ0) is 26.7. The molecule has 8 nitrogen and oxygen atoms in total. The van der Waals surface area contributed by atoms with Crippen LogP contribution in [0, 0.1) is 0 Å². The molecule has 0 aliphatic heterocycles. The Morgan fingerprint density at radius 1 is 1.03 bits per heavy atom. The number of aromatic nitrogens is 1. The van der Waals surface area contributed by atoms with E-state index in [1.807, 2.05) is 0 Å². The van der Waals surface area contributed by atoms with Crippen LogP contribution in [0.5, 0.6) is 17.2 Å². The normalized spacial score (nSPS) is 11.2. The average Bonchev–Trinajstić information content (AvgIpc) is 3.24. The maximum Gasteiger partial charge on any atom is 0.417 e. The van der Waals surface area contributed by atoms with Gasteiger partial charge in [-0.25, -0.2) is 4.79 Å². The highest BCUT2D eigenvalue weighted by molar-refractivity contribution is 7.23. The second-order valence-electron chi connectivity index (χ2n) is 7.48. The van der Waals surface area contributed by atoms with Crippen molar-refractivity contribution in [2.24, 2.45) is 0 Å². The summed E-state index contributed by atoms with van der Waals surface area (Å²) in [6.45, 7) is 0. The Morgan fingerprint density at radius 3 is 2.51 bits per heavy atom. The number of nitrogens with zero attached hydrogens (tertiary/aromatic N) is 1. The van der Waals surface area contributed by atoms with Crippen molar-refractivity contribution in [1.29, 1.82) is 0 Å². The van der Waals surface area contributed by atoms with Crippen LogP contribution in [0.4, 0.5) is 28.7 Å². The van der Waals surface area contributed by atoms with Crippen molar-refractivity contribution in [2.75, 3.05) is 24.8 Å². The Hall–Kier alpha value is -4.03. The maximum absolute atomic E-state index is 13.1. The van der Waals surface area contributed by atoms with Crippen molar-refractivity contribution in [1.82, 2.24) is 10.3 Å². The van der Waals surface area contributed by atoms with Gasteiger partial charge in [-0.1, -0.05) is 11.6 Å². The largest absolute Gasteiger partial charge is 0.493 e. The summed E-state index contributed by atoms with van der Waals surface area (Å²) in [6.07, 6.45) is -3.22. The molecule has 0 radical (unpaired) electrons. The third-order valence-corrected chi connectivity index (χ3v) is 6.33. The summed E-state index contributed by atoms with van der Waals surface area (Å²) in [5.41, 5.74) is -0.942. The highest BCUT2D eigenvalue weighted by atomic mass is 35.5. The fourth-order valence-corrected chi connectivity index (χ4v) is 4.49. The number of anilines is 2. The number of ether oxygens (including phenoxy) is 2. The molecule has 2 heterocycles. The first-order valence-electron chi connectivity index (χ1n) is 10.5. The summed E-state index contributed by atoms with van der Waals surface area (Å²) in [5.74, 6) is 0.761. The second-order valence-corrected chi connectivity index (χ2v) is 8.97. The van der Waals surface area contributed by atoms with Crippen LogP contribution >= 0.6 is 22.9 Å². The molecule has 0 unspecified atom stereocenters. The molecular weight excluding hydrogens is 533 g/mol. The molecule has 0 saturated carbocycles. The molecule has 0 spiro atoms. The molecule has 0 aliphatic carbocycles. The van der Waals surface area contributed by atoms with Crippen molar-refractivity contribution in [3.63, 3.8) is 0 Å². The number of hydrogen-bond donors (Lipinski definition) is 3. The van der Waals surface area contributed by atoms with Crippen LogP contribution in [0.2, 0.25) is 5.02 Å². The van der Waals surface area contributed by atoms with E-state index in [-0.39, 0.29) is 17.3 Å². The van der Waals surface area contributed by atoms with Crippen LogP contribution in [0.25, 0.3) is 10.1 Å². The lowest BCUT2D eigenvalue weighted by molar-refractivity contribution is -0.137. The first-order valence-corrected chi connectivity index (χ1v) is 11.7. The molecule has 192 valence electrons. The van der Waals surface area contributed by atoms with Gasteiger partial charge in [0.2, 0.25) is 0 Å². The van der Waals surface area contributed by atoms with E-state index in [2.05, 4.69) is 20.9 Å². The molecular formula is C24H18ClF3N4O4S. The molecule has 0 fully saturated rings. The summed E-state index contributed by atoms with van der Waals surface area (Å²) in [7, 11) is 2.96. The van der Waals surface area contributed by atoms with E-state index >= 15 is 0 Å². The van der Waals surface area contributed by atoms with Crippen LogP contribution < -0.4 is 25.4 Å². The minimum Gasteiger partial charge on any atom is -0.493 e. The lowest BCUT2D eigenvalue weighted by atomic mass is 10.2. The minimum atomic E-state index is -4.66. The number of fused-ring (bicyclic) bond motifs is 1. The van der Waals surface area contributed by atoms with E-state index in [9.17, 15) is 22.8 Å². The third kappa shape index (κ3) is 6.04. The number of benzene rings is 2. The van der Waals surface area contributed by atoms with E-state index in [4.69, 9.17) is 21.1 Å². The number of rotatable bonds is 6. The van der Waals surface area contributed by atoms with E-state index in [1.165, 1.54) is 43.8 Å². The zero-order valence-corrected chi connectivity index (χ0v) is 20.8. The minimum absolute atomic E-state index is 0.0684. The summed E-state index contributed by atoms with van der Waals surface area (Å²) in [6, 6.07) is 10.5. The fraction of sp³-hybridized carbons (Fsp3) is 0.125. The molecule has 3 N–H and O–H groups in total. The van der Waals surface area contributed by atoms with Crippen molar-refractivity contribution >= 4 is 55.7 Å². The van der Waals surface area contributed by atoms with Gasteiger partial charge in [0.1, 0.15) is 11.4 Å². The Labute approximate surface area is 217 Å². The monoisotopic (exact) mass is 550 g/mol. The van der Waals surface area contributed by atoms with Gasteiger partial charge in [0, 0.05) is 35.8 Å².